The summed E-state index contributed by atoms with van der Waals surface area (Å²) in [5, 5.41) is 2.94. The Labute approximate surface area is 75.7 Å². The summed E-state index contributed by atoms with van der Waals surface area (Å²) in [5.41, 5.74) is -0.158. The molecule has 0 aliphatic rings. The van der Waals surface area contributed by atoms with Gasteiger partial charge in [0.25, 0.3) is 0 Å². The fourth-order valence-corrected chi connectivity index (χ4v) is 1.02. The number of amides is 1. The fraction of sp³-hybridized carbons (Fsp3) is 0.900. The van der Waals surface area contributed by atoms with Crippen molar-refractivity contribution in [2.75, 3.05) is 6.54 Å². The highest BCUT2D eigenvalue weighted by Crippen LogP contribution is 2.24. The molecule has 2 nitrogen and oxygen atoms in total. The van der Waals surface area contributed by atoms with Crippen molar-refractivity contribution < 1.29 is 4.79 Å². The lowest BCUT2D eigenvalue weighted by atomic mass is 9.84. The largest absolute Gasteiger partial charge is 0.356 e. The van der Waals surface area contributed by atoms with Gasteiger partial charge in [-0.05, 0) is 19.3 Å². The highest BCUT2D eigenvalue weighted by Gasteiger charge is 2.28. The van der Waals surface area contributed by atoms with E-state index in [0.29, 0.717) is 0 Å². The van der Waals surface area contributed by atoms with Gasteiger partial charge in [0.05, 0.1) is 0 Å². The van der Waals surface area contributed by atoms with E-state index >= 15 is 0 Å². The molecule has 2 heteroatoms. The molecule has 1 N–H and O–H groups in total. The van der Waals surface area contributed by atoms with E-state index in [2.05, 4.69) is 26.1 Å². The first kappa shape index (κ1) is 11.5. The van der Waals surface area contributed by atoms with Gasteiger partial charge in [-0.15, -0.1) is 0 Å². The molecule has 72 valence electrons. The van der Waals surface area contributed by atoms with Gasteiger partial charge < -0.3 is 5.32 Å². The highest BCUT2D eigenvalue weighted by atomic mass is 16.2. The first-order valence-electron chi connectivity index (χ1n) is 4.89. The smallest absolute Gasteiger partial charge is 0.225 e. The topological polar surface area (TPSA) is 29.1 Å². The summed E-state index contributed by atoms with van der Waals surface area (Å²) in [6.07, 6.45) is 2.84. The lowest BCUT2D eigenvalue weighted by molar-refractivity contribution is -0.130. The molecule has 0 atom stereocenters. The van der Waals surface area contributed by atoms with Crippen LogP contribution < -0.4 is 5.32 Å². The molecule has 0 saturated carbocycles. The summed E-state index contributed by atoms with van der Waals surface area (Å²) < 4.78 is 0. The summed E-state index contributed by atoms with van der Waals surface area (Å²) in [7, 11) is 0. The fourth-order valence-electron chi connectivity index (χ4n) is 1.02. The van der Waals surface area contributed by atoms with Crippen LogP contribution in [0.5, 0.6) is 0 Å². The van der Waals surface area contributed by atoms with E-state index in [-0.39, 0.29) is 11.3 Å². The molecule has 0 aromatic carbocycles. The molecule has 12 heavy (non-hydrogen) atoms. The highest BCUT2D eigenvalue weighted by molar-refractivity contribution is 5.81. The summed E-state index contributed by atoms with van der Waals surface area (Å²) in [5.74, 6) is 0.203. The molecular formula is C10H21NO. The van der Waals surface area contributed by atoms with Crippen LogP contribution in [0.1, 0.15) is 47.0 Å². The molecule has 0 aromatic heterocycles. The second-order valence-corrected chi connectivity index (χ2v) is 3.52. The van der Waals surface area contributed by atoms with E-state index < -0.39 is 0 Å². The van der Waals surface area contributed by atoms with Crippen molar-refractivity contribution in [3.05, 3.63) is 0 Å². The minimum absolute atomic E-state index is 0.158. The third-order valence-electron chi connectivity index (χ3n) is 2.64. The van der Waals surface area contributed by atoms with Crippen molar-refractivity contribution in [1.29, 1.82) is 0 Å². The number of rotatable bonds is 5. The molecule has 0 unspecified atom stereocenters. The molecule has 0 spiro atoms. The Morgan fingerprint density at radius 3 is 2.08 bits per heavy atom. The zero-order chi connectivity index (χ0) is 9.61. The standard InChI is InChI=1S/C10H21NO/c1-5-8-11-9(12)10(4,6-2)7-3/h5-8H2,1-4H3,(H,11,12). The van der Waals surface area contributed by atoms with Crippen molar-refractivity contribution in [2.24, 2.45) is 5.41 Å². The van der Waals surface area contributed by atoms with Crippen LogP contribution in [-0.2, 0) is 4.79 Å². The van der Waals surface area contributed by atoms with E-state index in [0.717, 1.165) is 25.8 Å². The number of nitrogens with one attached hydrogen (secondary N) is 1. The Kier molecular flexibility index (Phi) is 4.95. The number of carbonyl (C=O) groups excluding carboxylic acids is 1. The Morgan fingerprint density at radius 1 is 1.25 bits per heavy atom. The summed E-state index contributed by atoms with van der Waals surface area (Å²) in [4.78, 5) is 11.6. The maximum absolute atomic E-state index is 11.6. The molecule has 0 bridgehead atoms. The number of carbonyl (C=O) groups is 1. The van der Waals surface area contributed by atoms with Gasteiger partial charge in [0.2, 0.25) is 5.91 Å². The molecule has 0 radical (unpaired) electrons. The van der Waals surface area contributed by atoms with Crippen LogP contribution in [0.15, 0.2) is 0 Å². The Balaban J connectivity index is 4.03. The normalized spacial score (nSPS) is 11.3. The van der Waals surface area contributed by atoms with Crippen molar-refractivity contribution >= 4 is 5.91 Å². The molecule has 0 fully saturated rings. The molecule has 0 heterocycles. The van der Waals surface area contributed by atoms with Crippen molar-refractivity contribution in [3.63, 3.8) is 0 Å². The van der Waals surface area contributed by atoms with Crippen molar-refractivity contribution in [1.82, 2.24) is 5.32 Å². The predicted octanol–water partition coefficient (Wildman–Crippen LogP) is 2.34. The van der Waals surface area contributed by atoms with Gasteiger partial charge in [0, 0.05) is 12.0 Å². The first-order valence-corrected chi connectivity index (χ1v) is 4.89. The maximum atomic E-state index is 11.6. The lowest BCUT2D eigenvalue weighted by Gasteiger charge is -2.24. The van der Waals surface area contributed by atoms with Gasteiger partial charge in [-0.3, -0.25) is 4.79 Å². The Hall–Kier alpha value is -0.530. The van der Waals surface area contributed by atoms with Crippen LogP contribution in [0.3, 0.4) is 0 Å². The van der Waals surface area contributed by atoms with E-state index in [1.165, 1.54) is 0 Å². The van der Waals surface area contributed by atoms with Gasteiger partial charge in [0.1, 0.15) is 0 Å². The van der Waals surface area contributed by atoms with Crippen LogP contribution in [0.4, 0.5) is 0 Å². The molecule has 0 aliphatic heterocycles. The predicted molar refractivity (Wildman–Crippen MR) is 52.0 cm³/mol. The van der Waals surface area contributed by atoms with Crippen LogP contribution >= 0.6 is 0 Å². The monoisotopic (exact) mass is 171 g/mol. The number of hydrogen-bond acceptors (Lipinski definition) is 1. The first-order chi connectivity index (χ1) is 5.60. The molecule has 0 rings (SSSR count). The maximum Gasteiger partial charge on any atom is 0.225 e. The van der Waals surface area contributed by atoms with Gasteiger partial charge >= 0.3 is 0 Å². The molecule has 1 amide bonds. The third-order valence-corrected chi connectivity index (χ3v) is 2.64. The second kappa shape index (κ2) is 5.18. The zero-order valence-electron chi connectivity index (χ0n) is 8.74. The van der Waals surface area contributed by atoms with Gasteiger partial charge in [0.15, 0.2) is 0 Å². The Morgan fingerprint density at radius 2 is 1.75 bits per heavy atom. The van der Waals surface area contributed by atoms with E-state index in [4.69, 9.17) is 0 Å². The van der Waals surface area contributed by atoms with Crippen LogP contribution in [0.2, 0.25) is 0 Å². The number of hydrogen-bond donors (Lipinski definition) is 1. The molecule has 0 aromatic rings. The van der Waals surface area contributed by atoms with Crippen LogP contribution in [-0.4, -0.2) is 12.5 Å². The van der Waals surface area contributed by atoms with Crippen LogP contribution in [0, 0.1) is 5.41 Å². The second-order valence-electron chi connectivity index (χ2n) is 3.52. The molecule has 0 aliphatic carbocycles. The van der Waals surface area contributed by atoms with Gasteiger partial charge in [-0.2, -0.15) is 0 Å². The van der Waals surface area contributed by atoms with Crippen LogP contribution in [0.25, 0.3) is 0 Å². The molecule has 0 saturated heterocycles. The van der Waals surface area contributed by atoms with Crippen molar-refractivity contribution in [2.45, 2.75) is 47.0 Å². The summed E-state index contributed by atoms with van der Waals surface area (Å²) in [6, 6.07) is 0. The third kappa shape index (κ3) is 2.84. The zero-order valence-corrected chi connectivity index (χ0v) is 8.74. The quantitative estimate of drug-likeness (QED) is 0.676. The van der Waals surface area contributed by atoms with E-state index in [1.807, 2.05) is 6.92 Å². The van der Waals surface area contributed by atoms with E-state index in [1.54, 1.807) is 0 Å². The summed E-state index contributed by atoms with van der Waals surface area (Å²) in [6.45, 7) is 9.02. The molecular weight excluding hydrogens is 150 g/mol. The minimum atomic E-state index is -0.158. The van der Waals surface area contributed by atoms with Crippen molar-refractivity contribution in [3.8, 4) is 0 Å². The van der Waals surface area contributed by atoms with Gasteiger partial charge in [-0.25, -0.2) is 0 Å². The van der Waals surface area contributed by atoms with Gasteiger partial charge in [-0.1, -0.05) is 27.7 Å². The average Bonchev–Trinajstić information content (AvgIpc) is 2.12. The summed E-state index contributed by atoms with van der Waals surface area (Å²) >= 11 is 0. The average molecular weight is 171 g/mol. The minimum Gasteiger partial charge on any atom is -0.356 e. The van der Waals surface area contributed by atoms with E-state index in [9.17, 15) is 4.79 Å². The Bertz CT molecular complexity index is 139. The lowest BCUT2D eigenvalue weighted by Crippen LogP contribution is -2.38. The SMILES string of the molecule is CCCNC(=O)C(C)(CC)CC.